The third-order valence-electron chi connectivity index (χ3n) is 4.87. The normalized spacial score (nSPS) is 11.8. The standard InChI is InChI=1S/C22H21N5O5/c1-14(27-18-5-3-4-6-19(18)32-22(27)30)21(29)25-16-11-23-26(12-16)13-20(28)24-15-7-9-17(31-2)10-8-15/h3-12,14H,13H2,1-2H3,(H,24,28)(H,25,29). The Bertz CT molecular complexity index is 1320. The molecule has 0 aliphatic carbocycles. The molecule has 0 saturated carbocycles. The number of benzene rings is 2. The van der Waals surface area contributed by atoms with E-state index < -0.39 is 17.7 Å². The number of methoxy groups -OCH3 is 1. The Kier molecular flexibility index (Phi) is 5.75. The second-order valence-electron chi connectivity index (χ2n) is 7.07. The van der Waals surface area contributed by atoms with Crippen LogP contribution in [0.1, 0.15) is 13.0 Å². The van der Waals surface area contributed by atoms with Gasteiger partial charge >= 0.3 is 5.76 Å². The Morgan fingerprint density at radius 1 is 1.09 bits per heavy atom. The number of nitrogens with one attached hydrogen (secondary N) is 2. The summed E-state index contributed by atoms with van der Waals surface area (Å²) in [5.74, 6) is -0.614. The molecule has 2 N–H and O–H groups in total. The van der Waals surface area contributed by atoms with Crippen LogP contribution < -0.4 is 21.1 Å². The van der Waals surface area contributed by atoms with Gasteiger partial charge in [-0.05, 0) is 43.3 Å². The fourth-order valence-corrected chi connectivity index (χ4v) is 3.25. The van der Waals surface area contributed by atoms with E-state index >= 15 is 0 Å². The van der Waals surface area contributed by atoms with Crippen molar-refractivity contribution < 1.29 is 18.7 Å². The maximum atomic E-state index is 12.7. The summed E-state index contributed by atoms with van der Waals surface area (Å²) in [7, 11) is 1.57. The maximum Gasteiger partial charge on any atom is 0.420 e. The van der Waals surface area contributed by atoms with Gasteiger partial charge in [0.2, 0.25) is 11.8 Å². The highest BCUT2D eigenvalue weighted by Crippen LogP contribution is 2.18. The van der Waals surface area contributed by atoms with Crippen LogP contribution in [0.2, 0.25) is 0 Å². The van der Waals surface area contributed by atoms with Crippen LogP contribution in [-0.4, -0.2) is 33.3 Å². The Labute approximate surface area is 182 Å². The van der Waals surface area contributed by atoms with Crippen molar-refractivity contribution in [2.75, 3.05) is 17.7 Å². The lowest BCUT2D eigenvalue weighted by Crippen LogP contribution is -2.29. The highest BCUT2D eigenvalue weighted by molar-refractivity contribution is 5.94. The number of carbonyl (C=O) groups excluding carboxylic acids is 2. The lowest BCUT2D eigenvalue weighted by Gasteiger charge is -2.12. The average Bonchev–Trinajstić information content (AvgIpc) is 3.36. The Hall–Kier alpha value is -4.34. The summed E-state index contributed by atoms with van der Waals surface area (Å²) in [6.07, 6.45) is 2.97. The van der Waals surface area contributed by atoms with Gasteiger partial charge in [-0.2, -0.15) is 5.10 Å². The van der Waals surface area contributed by atoms with E-state index in [0.29, 0.717) is 28.2 Å². The number of carbonyl (C=O) groups is 2. The molecule has 32 heavy (non-hydrogen) atoms. The van der Waals surface area contributed by atoms with Gasteiger partial charge in [-0.15, -0.1) is 0 Å². The highest BCUT2D eigenvalue weighted by atomic mass is 16.5. The predicted molar refractivity (Wildman–Crippen MR) is 118 cm³/mol. The molecule has 2 amide bonds. The van der Waals surface area contributed by atoms with Crippen molar-refractivity contribution in [1.82, 2.24) is 14.3 Å². The predicted octanol–water partition coefficient (Wildman–Crippen LogP) is 2.64. The van der Waals surface area contributed by atoms with Crippen LogP contribution in [-0.2, 0) is 16.1 Å². The molecule has 10 nitrogen and oxygen atoms in total. The Balaban J connectivity index is 1.39. The van der Waals surface area contributed by atoms with Crippen LogP contribution in [0.25, 0.3) is 11.1 Å². The zero-order valence-electron chi connectivity index (χ0n) is 17.4. The van der Waals surface area contributed by atoms with E-state index in [-0.39, 0.29) is 12.5 Å². The van der Waals surface area contributed by atoms with Crippen molar-refractivity contribution in [2.24, 2.45) is 0 Å². The summed E-state index contributed by atoms with van der Waals surface area (Å²) >= 11 is 0. The SMILES string of the molecule is COc1ccc(NC(=O)Cn2cc(NC(=O)C(C)n3c(=O)oc4ccccc43)cn2)cc1. The molecular weight excluding hydrogens is 414 g/mol. The number of hydrogen-bond acceptors (Lipinski definition) is 6. The third kappa shape index (κ3) is 4.38. The number of amides is 2. The molecule has 164 valence electrons. The summed E-state index contributed by atoms with van der Waals surface area (Å²) in [4.78, 5) is 37.1. The minimum atomic E-state index is -0.812. The van der Waals surface area contributed by atoms with Gasteiger partial charge in [0.05, 0.1) is 24.5 Å². The molecule has 0 aliphatic heterocycles. The van der Waals surface area contributed by atoms with E-state index in [0.717, 1.165) is 0 Å². The molecular formula is C22H21N5O5. The number of fused-ring (bicyclic) bond motifs is 1. The van der Waals surface area contributed by atoms with Gasteiger partial charge in [-0.1, -0.05) is 12.1 Å². The molecule has 1 atom stereocenters. The fraction of sp³-hybridized carbons (Fsp3) is 0.182. The van der Waals surface area contributed by atoms with Crippen LogP contribution in [0.3, 0.4) is 0 Å². The molecule has 4 rings (SSSR count). The second kappa shape index (κ2) is 8.80. The van der Waals surface area contributed by atoms with Gasteiger partial charge in [0.15, 0.2) is 5.58 Å². The van der Waals surface area contributed by atoms with Gasteiger partial charge in [0.25, 0.3) is 0 Å². The molecule has 0 spiro atoms. The molecule has 0 radical (unpaired) electrons. The van der Waals surface area contributed by atoms with E-state index in [1.165, 1.54) is 21.6 Å². The van der Waals surface area contributed by atoms with Crippen LogP contribution in [0.4, 0.5) is 11.4 Å². The van der Waals surface area contributed by atoms with Crippen molar-refractivity contribution in [3.05, 3.63) is 71.5 Å². The van der Waals surface area contributed by atoms with Crippen LogP contribution >= 0.6 is 0 Å². The molecule has 2 heterocycles. The third-order valence-corrected chi connectivity index (χ3v) is 4.87. The molecule has 2 aromatic heterocycles. The molecule has 0 bridgehead atoms. The number of oxazole rings is 1. The van der Waals surface area contributed by atoms with Gasteiger partial charge in [-0.3, -0.25) is 18.8 Å². The van der Waals surface area contributed by atoms with Crippen molar-refractivity contribution in [3.8, 4) is 5.75 Å². The van der Waals surface area contributed by atoms with Gasteiger partial charge in [0, 0.05) is 11.9 Å². The molecule has 1 unspecified atom stereocenters. The summed E-state index contributed by atoms with van der Waals surface area (Å²) in [5, 5.41) is 9.57. The number of rotatable bonds is 7. The number of anilines is 2. The zero-order chi connectivity index (χ0) is 22.7. The number of para-hydroxylation sites is 2. The number of nitrogens with zero attached hydrogens (tertiary/aromatic N) is 3. The van der Waals surface area contributed by atoms with E-state index in [2.05, 4.69) is 15.7 Å². The number of hydrogen-bond donors (Lipinski definition) is 2. The van der Waals surface area contributed by atoms with Gasteiger partial charge < -0.3 is 19.8 Å². The van der Waals surface area contributed by atoms with Gasteiger partial charge in [-0.25, -0.2) is 4.79 Å². The quantitative estimate of drug-likeness (QED) is 0.460. The van der Waals surface area contributed by atoms with Gasteiger partial charge in [0.1, 0.15) is 18.3 Å². The Morgan fingerprint density at radius 3 is 2.59 bits per heavy atom. The van der Waals surface area contributed by atoms with E-state index in [1.54, 1.807) is 62.6 Å². The minimum absolute atomic E-state index is 0.0384. The molecule has 10 heteroatoms. The second-order valence-corrected chi connectivity index (χ2v) is 7.07. The molecule has 0 fully saturated rings. The van der Waals surface area contributed by atoms with Crippen LogP contribution in [0.15, 0.2) is 70.1 Å². The molecule has 0 aliphatic rings. The lowest BCUT2D eigenvalue weighted by atomic mass is 10.2. The van der Waals surface area contributed by atoms with Crippen LogP contribution in [0, 0.1) is 0 Å². The maximum absolute atomic E-state index is 12.7. The fourth-order valence-electron chi connectivity index (χ4n) is 3.25. The zero-order valence-corrected chi connectivity index (χ0v) is 17.4. The Morgan fingerprint density at radius 2 is 1.84 bits per heavy atom. The van der Waals surface area contributed by atoms with E-state index in [9.17, 15) is 14.4 Å². The van der Waals surface area contributed by atoms with E-state index in [4.69, 9.17) is 9.15 Å². The smallest absolute Gasteiger partial charge is 0.420 e. The number of ether oxygens (including phenoxy) is 1. The molecule has 4 aromatic rings. The average molecular weight is 435 g/mol. The van der Waals surface area contributed by atoms with Crippen molar-refractivity contribution in [1.29, 1.82) is 0 Å². The van der Waals surface area contributed by atoms with Crippen molar-refractivity contribution >= 4 is 34.3 Å². The summed E-state index contributed by atoms with van der Waals surface area (Å²) < 4.78 is 13.0. The monoisotopic (exact) mass is 435 g/mol. The summed E-state index contributed by atoms with van der Waals surface area (Å²) in [5.41, 5.74) is 1.97. The first-order valence-electron chi connectivity index (χ1n) is 9.82. The number of aromatic nitrogens is 3. The largest absolute Gasteiger partial charge is 0.497 e. The first-order valence-corrected chi connectivity index (χ1v) is 9.82. The summed E-state index contributed by atoms with van der Waals surface area (Å²) in [6.45, 7) is 1.56. The molecule has 0 saturated heterocycles. The molecule has 2 aromatic carbocycles. The van der Waals surface area contributed by atoms with Crippen molar-refractivity contribution in [2.45, 2.75) is 19.5 Å². The van der Waals surface area contributed by atoms with E-state index in [1.807, 2.05) is 0 Å². The minimum Gasteiger partial charge on any atom is -0.497 e. The first-order chi connectivity index (χ1) is 15.4. The van der Waals surface area contributed by atoms with Crippen LogP contribution in [0.5, 0.6) is 5.75 Å². The lowest BCUT2D eigenvalue weighted by molar-refractivity contribution is -0.119. The highest BCUT2D eigenvalue weighted by Gasteiger charge is 2.21. The topological polar surface area (TPSA) is 120 Å². The summed E-state index contributed by atoms with van der Waals surface area (Å²) in [6, 6.07) is 13.0. The first kappa shape index (κ1) is 20.9. The van der Waals surface area contributed by atoms with Crippen molar-refractivity contribution in [3.63, 3.8) is 0 Å².